The lowest BCUT2D eigenvalue weighted by Crippen LogP contribution is -2.06. The van der Waals surface area contributed by atoms with E-state index in [0.717, 1.165) is 17.7 Å². The van der Waals surface area contributed by atoms with Gasteiger partial charge in [-0.05, 0) is 29.5 Å². The lowest BCUT2D eigenvalue weighted by atomic mass is 10.0. The molecule has 0 fully saturated rings. The fraction of sp³-hybridized carbons (Fsp3) is 0.308. The number of pyridine rings is 1. The van der Waals surface area contributed by atoms with Crippen LogP contribution in [0, 0.1) is 0 Å². The fourth-order valence-corrected chi connectivity index (χ4v) is 2.51. The molecule has 2 aromatic rings. The lowest BCUT2D eigenvalue weighted by Gasteiger charge is -2.12. The maximum Gasteiger partial charge on any atom is 0.101 e. The molecule has 0 aliphatic heterocycles. The molecular formula is C13H15NOS. The zero-order chi connectivity index (χ0) is 11.4. The molecule has 84 valence electrons. The number of rotatable bonds is 4. The van der Waals surface area contributed by atoms with Crippen LogP contribution in [0.25, 0.3) is 0 Å². The molecule has 0 bridgehead atoms. The third kappa shape index (κ3) is 2.49. The SMILES string of the molecule is CCc1cccnc1C(O)Cc1cccs1. The van der Waals surface area contributed by atoms with Crippen molar-refractivity contribution in [2.75, 3.05) is 0 Å². The van der Waals surface area contributed by atoms with Gasteiger partial charge in [0, 0.05) is 17.5 Å². The summed E-state index contributed by atoms with van der Waals surface area (Å²) < 4.78 is 0. The van der Waals surface area contributed by atoms with Gasteiger partial charge in [0.25, 0.3) is 0 Å². The van der Waals surface area contributed by atoms with E-state index >= 15 is 0 Å². The number of hydrogen-bond acceptors (Lipinski definition) is 3. The second-order valence-electron chi connectivity index (χ2n) is 3.70. The molecule has 0 saturated carbocycles. The molecule has 0 aromatic carbocycles. The van der Waals surface area contributed by atoms with E-state index in [2.05, 4.69) is 11.9 Å². The number of hydrogen-bond donors (Lipinski definition) is 1. The van der Waals surface area contributed by atoms with Crippen LogP contribution in [0.15, 0.2) is 35.8 Å². The first-order valence-electron chi connectivity index (χ1n) is 5.45. The standard InChI is InChI=1S/C13H15NOS/c1-2-10-5-3-7-14-13(10)12(15)9-11-6-4-8-16-11/h3-8,12,15H,2,9H2,1H3. The van der Waals surface area contributed by atoms with E-state index in [1.807, 2.05) is 29.6 Å². The normalized spacial score (nSPS) is 12.6. The van der Waals surface area contributed by atoms with Crippen LogP contribution in [0.4, 0.5) is 0 Å². The van der Waals surface area contributed by atoms with Gasteiger partial charge >= 0.3 is 0 Å². The van der Waals surface area contributed by atoms with E-state index in [1.54, 1.807) is 17.5 Å². The number of aryl methyl sites for hydroxylation is 1. The highest BCUT2D eigenvalue weighted by atomic mass is 32.1. The molecule has 0 aliphatic carbocycles. The number of aromatic nitrogens is 1. The Kier molecular flexibility index (Phi) is 3.70. The number of aliphatic hydroxyl groups is 1. The summed E-state index contributed by atoms with van der Waals surface area (Å²) in [7, 11) is 0. The number of thiophene rings is 1. The molecular weight excluding hydrogens is 218 g/mol. The zero-order valence-corrected chi connectivity index (χ0v) is 10.1. The van der Waals surface area contributed by atoms with Gasteiger partial charge in [-0.15, -0.1) is 11.3 Å². The molecule has 0 saturated heterocycles. The Bertz CT molecular complexity index is 439. The molecule has 2 nitrogen and oxygen atoms in total. The van der Waals surface area contributed by atoms with Crippen molar-refractivity contribution >= 4 is 11.3 Å². The van der Waals surface area contributed by atoms with Crippen LogP contribution in [0.2, 0.25) is 0 Å². The first kappa shape index (κ1) is 11.3. The Morgan fingerprint density at radius 2 is 2.25 bits per heavy atom. The lowest BCUT2D eigenvalue weighted by molar-refractivity contribution is 0.173. The third-order valence-corrected chi connectivity index (χ3v) is 3.50. The van der Waals surface area contributed by atoms with E-state index in [4.69, 9.17) is 0 Å². The van der Waals surface area contributed by atoms with Gasteiger partial charge < -0.3 is 5.11 Å². The van der Waals surface area contributed by atoms with E-state index < -0.39 is 6.10 Å². The molecule has 0 aliphatic rings. The summed E-state index contributed by atoms with van der Waals surface area (Å²) in [6.45, 7) is 2.08. The average Bonchev–Trinajstić information content (AvgIpc) is 2.81. The van der Waals surface area contributed by atoms with Gasteiger partial charge in [0.2, 0.25) is 0 Å². The van der Waals surface area contributed by atoms with E-state index in [1.165, 1.54) is 4.88 Å². The Morgan fingerprint density at radius 1 is 1.38 bits per heavy atom. The second kappa shape index (κ2) is 5.23. The van der Waals surface area contributed by atoms with Crippen LogP contribution in [0.3, 0.4) is 0 Å². The Balaban J connectivity index is 2.17. The molecule has 16 heavy (non-hydrogen) atoms. The predicted molar refractivity (Wildman–Crippen MR) is 66.6 cm³/mol. The summed E-state index contributed by atoms with van der Waals surface area (Å²) >= 11 is 1.67. The molecule has 0 radical (unpaired) electrons. The molecule has 2 rings (SSSR count). The maximum absolute atomic E-state index is 10.1. The monoisotopic (exact) mass is 233 g/mol. The molecule has 2 heterocycles. The van der Waals surface area contributed by atoms with Crippen LogP contribution in [-0.4, -0.2) is 10.1 Å². The van der Waals surface area contributed by atoms with Crippen molar-refractivity contribution in [2.45, 2.75) is 25.9 Å². The van der Waals surface area contributed by atoms with Crippen molar-refractivity contribution in [3.63, 3.8) is 0 Å². The van der Waals surface area contributed by atoms with Crippen LogP contribution in [-0.2, 0) is 12.8 Å². The summed E-state index contributed by atoms with van der Waals surface area (Å²) in [5.74, 6) is 0. The van der Waals surface area contributed by atoms with Gasteiger partial charge in [-0.1, -0.05) is 19.1 Å². The summed E-state index contributed by atoms with van der Waals surface area (Å²) in [5.41, 5.74) is 1.95. The van der Waals surface area contributed by atoms with E-state index in [-0.39, 0.29) is 0 Å². The highest BCUT2D eigenvalue weighted by Gasteiger charge is 2.13. The summed E-state index contributed by atoms with van der Waals surface area (Å²) in [5, 5.41) is 12.2. The zero-order valence-electron chi connectivity index (χ0n) is 9.26. The Morgan fingerprint density at radius 3 is 2.94 bits per heavy atom. The van der Waals surface area contributed by atoms with Crippen molar-refractivity contribution < 1.29 is 5.11 Å². The van der Waals surface area contributed by atoms with E-state index in [0.29, 0.717) is 6.42 Å². The van der Waals surface area contributed by atoms with Crippen LogP contribution in [0.1, 0.15) is 29.2 Å². The van der Waals surface area contributed by atoms with Crippen molar-refractivity contribution in [1.29, 1.82) is 0 Å². The fourth-order valence-electron chi connectivity index (χ4n) is 1.77. The summed E-state index contributed by atoms with van der Waals surface area (Å²) in [4.78, 5) is 5.48. The van der Waals surface area contributed by atoms with Gasteiger partial charge in [0.1, 0.15) is 6.10 Å². The highest BCUT2D eigenvalue weighted by Crippen LogP contribution is 2.22. The molecule has 2 aromatic heterocycles. The quantitative estimate of drug-likeness (QED) is 0.880. The summed E-state index contributed by atoms with van der Waals surface area (Å²) in [6.07, 6.45) is 2.81. The van der Waals surface area contributed by atoms with Gasteiger partial charge in [-0.3, -0.25) is 4.98 Å². The molecule has 0 spiro atoms. The van der Waals surface area contributed by atoms with Gasteiger partial charge in [0.05, 0.1) is 5.69 Å². The molecule has 3 heteroatoms. The van der Waals surface area contributed by atoms with E-state index in [9.17, 15) is 5.11 Å². The Hall–Kier alpha value is -1.19. The highest BCUT2D eigenvalue weighted by molar-refractivity contribution is 7.09. The van der Waals surface area contributed by atoms with Gasteiger partial charge in [-0.2, -0.15) is 0 Å². The smallest absolute Gasteiger partial charge is 0.101 e. The maximum atomic E-state index is 10.1. The average molecular weight is 233 g/mol. The van der Waals surface area contributed by atoms with Crippen molar-refractivity contribution in [3.05, 3.63) is 52.0 Å². The van der Waals surface area contributed by atoms with Crippen molar-refractivity contribution in [1.82, 2.24) is 4.98 Å². The third-order valence-electron chi connectivity index (χ3n) is 2.60. The molecule has 1 atom stereocenters. The topological polar surface area (TPSA) is 33.1 Å². The number of nitrogens with zero attached hydrogens (tertiary/aromatic N) is 1. The minimum absolute atomic E-state index is 0.491. The van der Waals surface area contributed by atoms with Gasteiger partial charge in [0.15, 0.2) is 0 Å². The molecule has 1 unspecified atom stereocenters. The molecule has 0 amide bonds. The van der Waals surface area contributed by atoms with Crippen LogP contribution < -0.4 is 0 Å². The van der Waals surface area contributed by atoms with Gasteiger partial charge in [-0.25, -0.2) is 0 Å². The molecule has 1 N–H and O–H groups in total. The predicted octanol–water partition coefficient (Wildman–Crippen LogP) is 2.98. The van der Waals surface area contributed by atoms with Crippen molar-refractivity contribution in [2.24, 2.45) is 0 Å². The first-order chi connectivity index (χ1) is 7.81. The minimum Gasteiger partial charge on any atom is -0.386 e. The second-order valence-corrected chi connectivity index (χ2v) is 4.73. The largest absolute Gasteiger partial charge is 0.386 e. The first-order valence-corrected chi connectivity index (χ1v) is 6.33. The minimum atomic E-state index is -0.491. The van der Waals surface area contributed by atoms with Crippen LogP contribution in [0.5, 0.6) is 0 Å². The summed E-state index contributed by atoms with van der Waals surface area (Å²) in [6, 6.07) is 7.99. The van der Waals surface area contributed by atoms with Crippen molar-refractivity contribution in [3.8, 4) is 0 Å². The number of aliphatic hydroxyl groups excluding tert-OH is 1. The Labute approximate surface area is 99.6 Å². The van der Waals surface area contributed by atoms with Crippen LogP contribution >= 0.6 is 11.3 Å².